The Labute approximate surface area is 88.5 Å². The van der Waals surface area contributed by atoms with E-state index in [-0.39, 0.29) is 0 Å². The molecule has 2 atom stereocenters. The quantitative estimate of drug-likeness (QED) is 0.785. The van der Waals surface area contributed by atoms with Gasteiger partial charge in [0.1, 0.15) is 0 Å². The minimum absolute atomic E-state index is 0.305. The number of anilines is 1. The van der Waals surface area contributed by atoms with E-state index in [0.29, 0.717) is 17.1 Å². The zero-order valence-corrected chi connectivity index (χ0v) is 9.31. The Morgan fingerprint density at radius 2 is 2.36 bits per heavy atom. The summed E-state index contributed by atoms with van der Waals surface area (Å²) in [6, 6.07) is 0.305. The van der Waals surface area contributed by atoms with E-state index in [1.807, 2.05) is 0 Å². The minimum atomic E-state index is 0.305. The van der Waals surface area contributed by atoms with Crippen LogP contribution in [0.3, 0.4) is 0 Å². The highest BCUT2D eigenvalue weighted by Gasteiger charge is 2.27. The van der Waals surface area contributed by atoms with Crippen LogP contribution < -0.4 is 11.5 Å². The van der Waals surface area contributed by atoms with Gasteiger partial charge in [-0.15, -0.1) is 11.3 Å². The van der Waals surface area contributed by atoms with E-state index in [2.05, 4.69) is 11.9 Å². The monoisotopic (exact) mass is 211 g/mol. The molecule has 0 aromatic carbocycles. The number of nitrogen functional groups attached to an aromatic ring is 1. The van der Waals surface area contributed by atoms with Crippen LogP contribution in [0, 0.1) is 0 Å². The van der Waals surface area contributed by atoms with Gasteiger partial charge >= 0.3 is 0 Å². The smallest absolute Gasteiger partial charge is 0.180 e. The second-order valence-electron chi connectivity index (χ2n) is 4.05. The van der Waals surface area contributed by atoms with Gasteiger partial charge in [-0.05, 0) is 19.3 Å². The maximum Gasteiger partial charge on any atom is 0.180 e. The lowest BCUT2D eigenvalue weighted by Crippen LogP contribution is -2.29. The predicted octanol–water partition coefficient (Wildman–Crippen LogP) is 1.88. The van der Waals surface area contributed by atoms with Crippen LogP contribution in [0.5, 0.6) is 0 Å². The zero-order valence-electron chi connectivity index (χ0n) is 8.49. The third kappa shape index (κ3) is 1.77. The molecule has 1 aromatic heterocycles. The van der Waals surface area contributed by atoms with Gasteiger partial charge in [0.2, 0.25) is 0 Å². The molecule has 0 aliphatic heterocycles. The Hall–Kier alpha value is -0.610. The van der Waals surface area contributed by atoms with E-state index in [1.165, 1.54) is 23.4 Å². The largest absolute Gasteiger partial charge is 0.375 e. The molecule has 0 saturated carbocycles. The number of hydrogen-bond acceptors (Lipinski definition) is 4. The summed E-state index contributed by atoms with van der Waals surface area (Å²) in [5, 5.41) is 0.699. The summed E-state index contributed by atoms with van der Waals surface area (Å²) >= 11 is 1.61. The molecule has 0 amide bonds. The first-order chi connectivity index (χ1) is 6.70. The first-order valence-corrected chi connectivity index (χ1v) is 6.03. The van der Waals surface area contributed by atoms with Crippen molar-refractivity contribution in [2.24, 2.45) is 5.73 Å². The lowest BCUT2D eigenvalue weighted by atomic mass is 9.85. The van der Waals surface area contributed by atoms with Gasteiger partial charge in [-0.1, -0.05) is 13.3 Å². The van der Waals surface area contributed by atoms with Crippen LogP contribution in [0.15, 0.2) is 0 Å². The van der Waals surface area contributed by atoms with Gasteiger partial charge in [0.05, 0.1) is 5.69 Å². The molecule has 4 N–H and O–H groups in total. The molecule has 0 radical (unpaired) electrons. The second kappa shape index (κ2) is 3.87. The van der Waals surface area contributed by atoms with Crippen LogP contribution in [0.1, 0.15) is 42.7 Å². The van der Waals surface area contributed by atoms with Crippen molar-refractivity contribution in [3.63, 3.8) is 0 Å². The Bertz CT molecular complexity index is 321. The van der Waals surface area contributed by atoms with Crippen LogP contribution >= 0.6 is 11.3 Å². The maximum atomic E-state index is 6.02. The molecule has 1 aromatic rings. The number of fused-ring (bicyclic) bond motifs is 1. The summed E-state index contributed by atoms with van der Waals surface area (Å²) in [6.07, 6.45) is 4.41. The molecule has 78 valence electrons. The molecule has 1 heterocycles. The van der Waals surface area contributed by atoms with Crippen molar-refractivity contribution in [3.8, 4) is 0 Å². The van der Waals surface area contributed by atoms with E-state index in [0.717, 1.165) is 12.8 Å². The average Bonchev–Trinajstić information content (AvgIpc) is 2.45. The van der Waals surface area contributed by atoms with Crippen LogP contribution in [-0.4, -0.2) is 11.0 Å². The highest BCUT2D eigenvalue weighted by atomic mass is 32.1. The molecule has 2 rings (SSSR count). The van der Waals surface area contributed by atoms with Crippen molar-refractivity contribution in [2.45, 2.75) is 44.6 Å². The predicted molar refractivity (Wildman–Crippen MR) is 60.5 cm³/mol. The fourth-order valence-electron chi connectivity index (χ4n) is 2.25. The molecular weight excluding hydrogens is 194 g/mol. The third-order valence-electron chi connectivity index (χ3n) is 2.80. The van der Waals surface area contributed by atoms with Gasteiger partial charge in [0, 0.05) is 16.8 Å². The van der Waals surface area contributed by atoms with E-state index >= 15 is 0 Å². The van der Waals surface area contributed by atoms with Gasteiger partial charge in [-0.25, -0.2) is 4.98 Å². The summed E-state index contributed by atoms with van der Waals surface area (Å²) in [5.74, 6) is 0.548. The second-order valence-corrected chi connectivity index (χ2v) is 5.16. The highest BCUT2D eigenvalue weighted by molar-refractivity contribution is 7.15. The number of hydrogen-bond donors (Lipinski definition) is 2. The topological polar surface area (TPSA) is 64.9 Å². The summed E-state index contributed by atoms with van der Waals surface area (Å²) in [6.45, 7) is 2.20. The molecule has 4 heteroatoms. The highest BCUT2D eigenvalue weighted by Crippen LogP contribution is 2.37. The Morgan fingerprint density at radius 1 is 1.57 bits per heavy atom. The summed E-state index contributed by atoms with van der Waals surface area (Å²) in [5.41, 5.74) is 13.0. The van der Waals surface area contributed by atoms with Crippen molar-refractivity contribution >= 4 is 16.5 Å². The van der Waals surface area contributed by atoms with E-state index in [4.69, 9.17) is 11.5 Å². The van der Waals surface area contributed by atoms with Crippen LogP contribution in [0.25, 0.3) is 0 Å². The van der Waals surface area contributed by atoms with Gasteiger partial charge in [0.25, 0.3) is 0 Å². The molecule has 1 aliphatic rings. The van der Waals surface area contributed by atoms with Gasteiger partial charge in [-0.3, -0.25) is 0 Å². The van der Waals surface area contributed by atoms with Crippen molar-refractivity contribution in [2.75, 3.05) is 5.73 Å². The standard InChI is InChI=1S/C10H17N3S/c1-2-3-6-4-7(11)5-8-9(6)13-10(12)14-8/h6-7H,2-5,11H2,1H3,(H2,12,13)/t6-,7?/m0/s1. The molecule has 3 nitrogen and oxygen atoms in total. The fraction of sp³-hybridized carbons (Fsp3) is 0.700. The summed E-state index contributed by atoms with van der Waals surface area (Å²) in [7, 11) is 0. The molecule has 0 saturated heterocycles. The molecule has 1 aliphatic carbocycles. The Balaban J connectivity index is 2.28. The number of aromatic nitrogens is 1. The van der Waals surface area contributed by atoms with Crippen LogP contribution in [-0.2, 0) is 6.42 Å². The zero-order chi connectivity index (χ0) is 10.1. The number of nitrogens with two attached hydrogens (primary N) is 2. The Morgan fingerprint density at radius 3 is 3.07 bits per heavy atom. The van der Waals surface area contributed by atoms with Gasteiger partial charge in [-0.2, -0.15) is 0 Å². The molecule has 0 spiro atoms. The van der Waals surface area contributed by atoms with Gasteiger partial charge < -0.3 is 11.5 Å². The lowest BCUT2D eigenvalue weighted by molar-refractivity contribution is 0.459. The number of nitrogens with zero attached hydrogens (tertiary/aromatic N) is 1. The van der Waals surface area contributed by atoms with Crippen molar-refractivity contribution < 1.29 is 0 Å². The van der Waals surface area contributed by atoms with Crippen LogP contribution in [0.4, 0.5) is 5.13 Å². The lowest BCUT2D eigenvalue weighted by Gasteiger charge is -2.25. The van der Waals surface area contributed by atoms with Gasteiger partial charge in [0.15, 0.2) is 5.13 Å². The molecule has 0 fully saturated rings. The first-order valence-electron chi connectivity index (χ1n) is 5.21. The number of rotatable bonds is 2. The maximum absolute atomic E-state index is 6.02. The SMILES string of the molecule is CCC[C@H]1CC(N)Cc2sc(N)nc21. The van der Waals surface area contributed by atoms with E-state index in [1.54, 1.807) is 11.3 Å². The molecule has 1 unspecified atom stereocenters. The first kappa shape index (κ1) is 9.93. The minimum Gasteiger partial charge on any atom is -0.375 e. The normalized spacial score (nSPS) is 26.1. The third-order valence-corrected chi connectivity index (χ3v) is 3.73. The number of thiazole rings is 1. The molecule has 14 heavy (non-hydrogen) atoms. The molecular formula is C10H17N3S. The van der Waals surface area contributed by atoms with E-state index in [9.17, 15) is 0 Å². The van der Waals surface area contributed by atoms with E-state index < -0.39 is 0 Å². The van der Waals surface area contributed by atoms with Crippen LogP contribution in [0.2, 0.25) is 0 Å². The van der Waals surface area contributed by atoms with Crippen molar-refractivity contribution in [1.29, 1.82) is 0 Å². The Kier molecular flexibility index (Phi) is 2.74. The fourth-order valence-corrected chi connectivity index (χ4v) is 3.26. The van der Waals surface area contributed by atoms with Crippen molar-refractivity contribution in [3.05, 3.63) is 10.6 Å². The summed E-state index contributed by atoms with van der Waals surface area (Å²) in [4.78, 5) is 5.75. The summed E-state index contributed by atoms with van der Waals surface area (Å²) < 4.78 is 0. The molecule has 0 bridgehead atoms. The van der Waals surface area contributed by atoms with Crippen molar-refractivity contribution in [1.82, 2.24) is 4.98 Å². The average molecular weight is 211 g/mol.